The zero-order chi connectivity index (χ0) is 16.3. The van der Waals surface area contributed by atoms with E-state index in [1.165, 1.54) is 11.1 Å². The quantitative estimate of drug-likeness (QED) is 0.873. The van der Waals surface area contributed by atoms with Crippen LogP contribution >= 0.6 is 0 Å². The molecule has 2 atom stereocenters. The number of amides is 1. The molecule has 5 heteroatoms. The van der Waals surface area contributed by atoms with Crippen molar-refractivity contribution in [2.75, 3.05) is 13.1 Å². The van der Waals surface area contributed by atoms with Crippen LogP contribution in [0.25, 0.3) is 0 Å². The zero-order valence-corrected chi connectivity index (χ0v) is 13.4. The Morgan fingerprint density at radius 2 is 2.09 bits per heavy atom. The maximum Gasteiger partial charge on any atom is 0.320 e. The summed E-state index contributed by atoms with van der Waals surface area (Å²) in [6, 6.07) is 5.54. The van der Waals surface area contributed by atoms with Gasteiger partial charge >= 0.3 is 5.97 Å². The Morgan fingerprint density at radius 1 is 1.36 bits per heavy atom. The van der Waals surface area contributed by atoms with Crippen LogP contribution in [0.3, 0.4) is 0 Å². The van der Waals surface area contributed by atoms with Gasteiger partial charge in [-0.1, -0.05) is 18.2 Å². The molecule has 120 valence electrons. The first-order valence-electron chi connectivity index (χ1n) is 7.72. The molecule has 1 saturated heterocycles. The van der Waals surface area contributed by atoms with E-state index in [4.69, 9.17) is 5.11 Å². The molecule has 0 radical (unpaired) electrons. The number of nitrogens with one attached hydrogen (secondary N) is 1. The van der Waals surface area contributed by atoms with E-state index in [0.29, 0.717) is 13.0 Å². The number of nitrogens with zero attached hydrogens (tertiary/aromatic N) is 1. The van der Waals surface area contributed by atoms with Crippen molar-refractivity contribution in [1.29, 1.82) is 0 Å². The number of carbonyl (C=O) groups is 2. The fourth-order valence-corrected chi connectivity index (χ4v) is 2.88. The first kappa shape index (κ1) is 16.5. The third kappa shape index (κ3) is 3.85. The summed E-state index contributed by atoms with van der Waals surface area (Å²) in [6.45, 7) is 6.87. The Balaban J connectivity index is 1.93. The number of carboxylic acids is 1. The van der Waals surface area contributed by atoms with Crippen molar-refractivity contribution >= 4 is 11.9 Å². The van der Waals surface area contributed by atoms with Crippen LogP contribution in [0, 0.1) is 13.8 Å². The standard InChI is InChI=1S/C17H24N2O3/c1-11-6-7-14(9-12(11)2)13(3)18-16(20)10-19-8-4-5-15(19)17(21)22/h6-7,9,13,15H,4-5,8,10H2,1-3H3,(H,18,20)(H,21,22)/t13?,15-/m1/s1. The van der Waals surface area contributed by atoms with Gasteiger partial charge in [-0.3, -0.25) is 14.5 Å². The number of aliphatic carboxylic acids is 1. The van der Waals surface area contributed by atoms with E-state index >= 15 is 0 Å². The third-order valence-electron chi connectivity index (χ3n) is 4.40. The number of carboxylic acid groups (broad SMARTS) is 1. The smallest absolute Gasteiger partial charge is 0.320 e. The van der Waals surface area contributed by atoms with Gasteiger partial charge in [0, 0.05) is 0 Å². The Bertz CT molecular complexity index is 571. The van der Waals surface area contributed by atoms with Gasteiger partial charge in [0.15, 0.2) is 0 Å². The minimum Gasteiger partial charge on any atom is -0.480 e. The van der Waals surface area contributed by atoms with Gasteiger partial charge in [-0.2, -0.15) is 0 Å². The van der Waals surface area contributed by atoms with E-state index in [1.807, 2.05) is 19.1 Å². The average Bonchev–Trinajstić information content (AvgIpc) is 2.89. The highest BCUT2D eigenvalue weighted by Crippen LogP contribution is 2.18. The molecule has 5 nitrogen and oxygen atoms in total. The molecule has 1 aliphatic heterocycles. The molecule has 0 aromatic heterocycles. The van der Waals surface area contributed by atoms with Crippen LogP contribution in [-0.4, -0.2) is 41.0 Å². The van der Waals surface area contributed by atoms with Crippen LogP contribution in [0.5, 0.6) is 0 Å². The van der Waals surface area contributed by atoms with Gasteiger partial charge in [0.1, 0.15) is 6.04 Å². The first-order valence-corrected chi connectivity index (χ1v) is 7.72. The summed E-state index contributed by atoms with van der Waals surface area (Å²) in [4.78, 5) is 25.0. The van der Waals surface area contributed by atoms with Crippen LogP contribution in [0.2, 0.25) is 0 Å². The summed E-state index contributed by atoms with van der Waals surface area (Å²) in [5, 5.41) is 12.1. The van der Waals surface area contributed by atoms with E-state index in [9.17, 15) is 9.59 Å². The highest BCUT2D eigenvalue weighted by Gasteiger charge is 2.31. The number of rotatable bonds is 5. The topological polar surface area (TPSA) is 69.6 Å². The number of aryl methyl sites for hydroxylation is 2. The van der Waals surface area contributed by atoms with Crippen molar-refractivity contribution in [1.82, 2.24) is 10.2 Å². The highest BCUT2D eigenvalue weighted by atomic mass is 16.4. The van der Waals surface area contributed by atoms with Crippen molar-refractivity contribution in [2.45, 2.75) is 45.7 Å². The van der Waals surface area contributed by atoms with E-state index in [-0.39, 0.29) is 18.5 Å². The Morgan fingerprint density at radius 3 is 2.73 bits per heavy atom. The van der Waals surface area contributed by atoms with E-state index < -0.39 is 12.0 Å². The molecule has 1 aliphatic rings. The average molecular weight is 304 g/mol. The zero-order valence-electron chi connectivity index (χ0n) is 13.4. The second-order valence-electron chi connectivity index (χ2n) is 6.10. The summed E-state index contributed by atoms with van der Waals surface area (Å²) in [5.74, 6) is -0.966. The molecule has 1 aromatic rings. The molecule has 22 heavy (non-hydrogen) atoms. The molecular weight excluding hydrogens is 280 g/mol. The van der Waals surface area contributed by atoms with E-state index in [1.54, 1.807) is 4.90 Å². The van der Waals surface area contributed by atoms with E-state index in [0.717, 1.165) is 12.0 Å². The van der Waals surface area contributed by atoms with Crippen molar-refractivity contribution in [3.63, 3.8) is 0 Å². The van der Waals surface area contributed by atoms with Gasteiger partial charge < -0.3 is 10.4 Å². The summed E-state index contributed by atoms with van der Waals surface area (Å²) in [6.07, 6.45) is 1.45. The van der Waals surface area contributed by atoms with E-state index in [2.05, 4.69) is 25.2 Å². The molecule has 1 amide bonds. The minimum atomic E-state index is -0.840. The number of hydrogen-bond donors (Lipinski definition) is 2. The number of likely N-dealkylation sites (tertiary alicyclic amines) is 1. The van der Waals surface area contributed by atoms with Gasteiger partial charge in [0.25, 0.3) is 0 Å². The van der Waals surface area contributed by atoms with Gasteiger partial charge in [0.05, 0.1) is 12.6 Å². The second kappa shape index (κ2) is 6.92. The lowest BCUT2D eigenvalue weighted by atomic mass is 10.0. The molecule has 0 bridgehead atoms. The molecule has 0 aliphatic carbocycles. The number of carbonyl (C=O) groups excluding carboxylic acids is 1. The molecule has 1 aromatic carbocycles. The molecule has 1 heterocycles. The second-order valence-corrected chi connectivity index (χ2v) is 6.10. The molecule has 2 rings (SSSR count). The fourth-order valence-electron chi connectivity index (χ4n) is 2.88. The maximum atomic E-state index is 12.2. The Kier molecular flexibility index (Phi) is 5.19. The predicted molar refractivity (Wildman–Crippen MR) is 84.7 cm³/mol. The summed E-state index contributed by atoms with van der Waals surface area (Å²) in [7, 11) is 0. The maximum absolute atomic E-state index is 12.2. The minimum absolute atomic E-state index is 0.0855. The van der Waals surface area contributed by atoms with Crippen LogP contribution in [0.4, 0.5) is 0 Å². The van der Waals surface area contributed by atoms with Crippen LogP contribution in [-0.2, 0) is 9.59 Å². The van der Waals surface area contributed by atoms with Crippen LogP contribution < -0.4 is 5.32 Å². The van der Waals surface area contributed by atoms with Crippen LogP contribution in [0.15, 0.2) is 18.2 Å². The summed E-state index contributed by atoms with van der Waals surface area (Å²) < 4.78 is 0. The number of hydrogen-bond acceptors (Lipinski definition) is 3. The highest BCUT2D eigenvalue weighted by molar-refractivity contribution is 5.80. The molecule has 1 fully saturated rings. The lowest BCUT2D eigenvalue weighted by Gasteiger charge is -2.22. The van der Waals surface area contributed by atoms with Gasteiger partial charge in [-0.15, -0.1) is 0 Å². The molecule has 2 N–H and O–H groups in total. The molecule has 0 spiro atoms. The van der Waals surface area contributed by atoms with Gasteiger partial charge in [-0.05, 0) is 56.8 Å². The fraction of sp³-hybridized carbons (Fsp3) is 0.529. The summed E-state index contributed by atoms with van der Waals surface area (Å²) in [5.41, 5.74) is 3.49. The third-order valence-corrected chi connectivity index (χ3v) is 4.40. The SMILES string of the molecule is Cc1ccc(C(C)NC(=O)CN2CCC[C@@H]2C(=O)O)cc1C. The number of benzene rings is 1. The predicted octanol–water partition coefficient (Wildman–Crippen LogP) is 2.03. The van der Waals surface area contributed by atoms with Crippen LogP contribution in [0.1, 0.15) is 42.5 Å². The molecular formula is C17H24N2O3. The monoisotopic (exact) mass is 304 g/mol. The lowest BCUT2D eigenvalue weighted by Crippen LogP contribution is -2.43. The van der Waals surface area contributed by atoms with Crippen molar-refractivity contribution < 1.29 is 14.7 Å². The largest absolute Gasteiger partial charge is 0.480 e. The van der Waals surface area contributed by atoms with Gasteiger partial charge in [-0.25, -0.2) is 0 Å². The Labute approximate surface area is 131 Å². The Hall–Kier alpha value is -1.88. The van der Waals surface area contributed by atoms with Crippen molar-refractivity contribution in [3.8, 4) is 0 Å². The van der Waals surface area contributed by atoms with Crippen molar-refractivity contribution in [2.24, 2.45) is 0 Å². The lowest BCUT2D eigenvalue weighted by molar-refractivity contribution is -0.142. The molecule has 0 saturated carbocycles. The van der Waals surface area contributed by atoms with Gasteiger partial charge in [0.2, 0.25) is 5.91 Å². The molecule has 1 unspecified atom stereocenters. The van der Waals surface area contributed by atoms with Crippen molar-refractivity contribution in [3.05, 3.63) is 34.9 Å². The normalized spacial score (nSPS) is 19.9. The summed E-state index contributed by atoms with van der Waals surface area (Å²) >= 11 is 0. The first-order chi connectivity index (χ1) is 10.4.